The van der Waals surface area contributed by atoms with Gasteiger partial charge in [0, 0.05) is 109 Å². The molecule has 0 atom stereocenters. The predicted octanol–water partition coefficient (Wildman–Crippen LogP) is 26.8. The highest BCUT2D eigenvalue weighted by Crippen LogP contribution is 2.41. The number of para-hydroxylation sites is 3. The highest BCUT2D eigenvalue weighted by atomic mass is 79.9. The van der Waals surface area contributed by atoms with Gasteiger partial charge in [-0.15, -0.1) is 0 Å². The minimum atomic E-state index is 0.642. The molecule has 8 heterocycles. The average Bonchev–Trinajstić information content (AvgIpc) is 1.69. The zero-order valence-corrected chi connectivity index (χ0v) is 65.8. The summed E-state index contributed by atoms with van der Waals surface area (Å²) in [5.74, 6) is 2.67. The second-order valence-corrected chi connectivity index (χ2v) is 30.2. The number of halogens is 3. The van der Waals surface area contributed by atoms with Gasteiger partial charge in [-0.3, -0.25) is 9.97 Å². The number of fused-ring (bicyclic) bond motifs is 9. The standard InChI is InChI=1S/C34H22BrN3.2C33H21BrN4/c35-26-18-19-33-29(21-26)28-16-7-8-17-32(28)38(33)27-15-9-14-25(20-27)31-22-30(23-10-3-1-4-11-23)36-34(37-31)24-12-5-2-6-13-24;34-25-18-19-30-28(21-25)27-16-7-8-17-29(27)38(30)26-15-9-14-24(20-26)33-36-31(22-10-3-1-4-11-22)35-32(37-33)23-12-5-2-6-13-23;34-24-14-15-33-27(21-24)26-10-1-2-13-32(26)38(33)25-9-7-8-22(18-25)23-19-30(28-11-3-5-16-35-28)37-31(20-23)29-12-4-6-17-36-29/h1-22H;2*1-21H. The smallest absolute Gasteiger partial charge is 0.164 e. The fraction of sp³-hybridized carbons (Fsp3) is 0. The van der Waals surface area contributed by atoms with Crippen molar-refractivity contribution in [3.8, 4) is 119 Å². The minimum absolute atomic E-state index is 0.642. The van der Waals surface area contributed by atoms with Crippen LogP contribution in [-0.4, -0.2) is 53.6 Å². The molecule has 0 N–H and O–H groups in total. The Morgan fingerprint density at radius 1 is 0.175 bits per heavy atom. The van der Waals surface area contributed by atoms with Crippen molar-refractivity contribution in [2.24, 2.45) is 0 Å². The lowest BCUT2D eigenvalue weighted by Crippen LogP contribution is -2.01. The molecule has 0 saturated carbocycles. The summed E-state index contributed by atoms with van der Waals surface area (Å²) in [4.78, 5) is 38.7. The van der Waals surface area contributed by atoms with Crippen molar-refractivity contribution >= 4 is 113 Å². The van der Waals surface area contributed by atoms with Crippen molar-refractivity contribution in [1.82, 2.24) is 53.6 Å². The molecule has 0 aliphatic carbocycles. The van der Waals surface area contributed by atoms with E-state index >= 15 is 0 Å². The van der Waals surface area contributed by atoms with Crippen LogP contribution in [-0.2, 0) is 0 Å². The molecular formula is C100H64Br3N11. The highest BCUT2D eigenvalue weighted by Gasteiger charge is 2.21. The van der Waals surface area contributed by atoms with Gasteiger partial charge in [0.2, 0.25) is 0 Å². The third-order valence-electron chi connectivity index (χ3n) is 20.3. The summed E-state index contributed by atoms with van der Waals surface area (Å²) in [5, 5.41) is 7.33. The quantitative estimate of drug-likeness (QED) is 0.119. The van der Waals surface area contributed by atoms with Gasteiger partial charge in [-0.1, -0.05) is 272 Å². The maximum Gasteiger partial charge on any atom is 0.164 e. The normalized spacial score (nSPS) is 11.3. The lowest BCUT2D eigenvalue weighted by atomic mass is 10.0. The first kappa shape index (κ1) is 70.6. The van der Waals surface area contributed by atoms with E-state index in [0.717, 1.165) is 120 Å². The number of nitrogens with zero attached hydrogens (tertiary/aromatic N) is 11. The van der Waals surface area contributed by atoms with Crippen molar-refractivity contribution in [3.63, 3.8) is 0 Å². The Hall–Kier alpha value is -13.8. The molecule has 0 fully saturated rings. The highest BCUT2D eigenvalue weighted by molar-refractivity contribution is 9.11. The first-order chi connectivity index (χ1) is 56.2. The van der Waals surface area contributed by atoms with E-state index in [1.165, 1.54) is 54.4 Å². The molecule has 13 aromatic carbocycles. The van der Waals surface area contributed by atoms with Crippen molar-refractivity contribution in [2.45, 2.75) is 0 Å². The van der Waals surface area contributed by atoms with Crippen molar-refractivity contribution < 1.29 is 0 Å². The van der Waals surface area contributed by atoms with E-state index in [1.807, 2.05) is 133 Å². The number of rotatable bonds is 12. The Balaban J connectivity index is 0.000000115. The van der Waals surface area contributed by atoms with Gasteiger partial charge in [0.25, 0.3) is 0 Å². The van der Waals surface area contributed by atoms with Crippen LogP contribution in [0.5, 0.6) is 0 Å². The number of benzene rings is 13. The molecule has 0 aliphatic heterocycles. The Morgan fingerprint density at radius 2 is 0.491 bits per heavy atom. The third-order valence-corrected chi connectivity index (χ3v) is 21.8. The number of pyridine rings is 3. The fourth-order valence-corrected chi connectivity index (χ4v) is 16.2. The van der Waals surface area contributed by atoms with Crippen LogP contribution in [0.2, 0.25) is 0 Å². The van der Waals surface area contributed by atoms with Crippen molar-refractivity contribution in [2.75, 3.05) is 0 Å². The number of hydrogen-bond donors (Lipinski definition) is 0. The largest absolute Gasteiger partial charge is 0.309 e. The molecule has 8 aromatic heterocycles. The van der Waals surface area contributed by atoms with Crippen LogP contribution in [0.3, 0.4) is 0 Å². The second kappa shape index (κ2) is 31.2. The molecule has 0 unspecified atom stereocenters. The van der Waals surface area contributed by atoms with E-state index in [0.29, 0.717) is 23.3 Å². The van der Waals surface area contributed by atoms with Gasteiger partial charge in [-0.05, 0) is 163 Å². The maximum atomic E-state index is 5.03. The summed E-state index contributed by atoms with van der Waals surface area (Å²) in [6.45, 7) is 0. The zero-order valence-electron chi connectivity index (χ0n) is 61.0. The van der Waals surface area contributed by atoms with E-state index in [9.17, 15) is 0 Å². The summed E-state index contributed by atoms with van der Waals surface area (Å²) in [5.41, 5.74) is 23.5. The van der Waals surface area contributed by atoms with Gasteiger partial charge in [0.15, 0.2) is 23.3 Å². The minimum Gasteiger partial charge on any atom is -0.309 e. The van der Waals surface area contributed by atoms with Gasteiger partial charge >= 0.3 is 0 Å². The van der Waals surface area contributed by atoms with Crippen molar-refractivity contribution in [1.29, 1.82) is 0 Å². The van der Waals surface area contributed by atoms with Crippen LogP contribution in [0.4, 0.5) is 0 Å². The lowest BCUT2D eigenvalue weighted by molar-refractivity contribution is 1.07. The number of aromatic nitrogens is 11. The molecule has 114 heavy (non-hydrogen) atoms. The molecule has 11 nitrogen and oxygen atoms in total. The second-order valence-electron chi connectivity index (χ2n) is 27.5. The van der Waals surface area contributed by atoms with E-state index in [2.05, 4.69) is 314 Å². The fourth-order valence-electron chi connectivity index (χ4n) is 15.1. The molecule has 21 rings (SSSR count). The van der Waals surface area contributed by atoms with Gasteiger partial charge in [0.05, 0.1) is 67.3 Å². The van der Waals surface area contributed by atoms with Gasteiger partial charge in [0.1, 0.15) is 0 Å². The molecule has 0 amide bonds. The molecule has 14 heteroatoms. The zero-order chi connectivity index (χ0) is 76.4. The SMILES string of the molecule is Brc1ccc2c(c1)c1ccccc1n2-c1cccc(-c2cc(-c3ccccc3)nc(-c3ccccc3)n2)c1.Brc1ccc2c(c1)c1ccccc1n2-c1cccc(-c2cc(-c3ccccn3)nc(-c3ccccn3)c2)c1.Brc1ccc2c(c1)c1ccccc1n2-c1cccc(-c2nc(-c3ccccc3)nc(-c3ccccc3)n2)c1. The van der Waals surface area contributed by atoms with E-state index < -0.39 is 0 Å². The number of hydrogen-bond acceptors (Lipinski definition) is 8. The van der Waals surface area contributed by atoms with Crippen LogP contribution in [0.25, 0.3) is 184 Å². The Bertz CT molecular complexity index is 6290. The Morgan fingerprint density at radius 3 is 0.904 bits per heavy atom. The molecule has 21 aromatic rings. The molecule has 0 spiro atoms. The van der Waals surface area contributed by atoms with Crippen LogP contribution in [0.15, 0.2) is 402 Å². The molecule has 540 valence electrons. The predicted molar refractivity (Wildman–Crippen MR) is 477 cm³/mol. The molecule has 0 aliphatic rings. The third kappa shape index (κ3) is 14.1. The molecule has 0 saturated heterocycles. The Kier molecular flexibility index (Phi) is 19.3. The molecular weight excluding hydrogens is 1590 g/mol. The Labute approximate surface area is 682 Å². The van der Waals surface area contributed by atoms with Crippen LogP contribution < -0.4 is 0 Å². The lowest BCUT2D eigenvalue weighted by Gasteiger charge is -2.12. The molecule has 0 bridgehead atoms. The van der Waals surface area contributed by atoms with Gasteiger partial charge in [-0.25, -0.2) is 29.9 Å². The summed E-state index contributed by atoms with van der Waals surface area (Å²) in [6.07, 6.45) is 3.59. The summed E-state index contributed by atoms with van der Waals surface area (Å²) >= 11 is 11.0. The summed E-state index contributed by atoms with van der Waals surface area (Å²) in [6, 6.07) is 129. The first-order valence-corrected chi connectivity index (χ1v) is 39.7. The van der Waals surface area contributed by atoms with Crippen LogP contribution >= 0.6 is 47.8 Å². The van der Waals surface area contributed by atoms with E-state index in [1.54, 1.807) is 12.4 Å². The van der Waals surface area contributed by atoms with Crippen LogP contribution in [0, 0.1) is 0 Å². The van der Waals surface area contributed by atoms with Gasteiger partial charge in [-0.2, -0.15) is 0 Å². The topological polar surface area (TPSA) is 118 Å². The maximum absolute atomic E-state index is 5.03. The summed E-state index contributed by atoms with van der Waals surface area (Å²) in [7, 11) is 0. The monoisotopic (exact) mass is 1660 g/mol. The first-order valence-electron chi connectivity index (χ1n) is 37.3. The van der Waals surface area contributed by atoms with Gasteiger partial charge < -0.3 is 13.7 Å². The molecule has 0 radical (unpaired) electrons. The van der Waals surface area contributed by atoms with Crippen molar-refractivity contribution in [3.05, 3.63) is 402 Å². The van der Waals surface area contributed by atoms with E-state index in [4.69, 9.17) is 29.9 Å². The van der Waals surface area contributed by atoms with Crippen LogP contribution in [0.1, 0.15) is 0 Å². The van der Waals surface area contributed by atoms with E-state index in [-0.39, 0.29) is 0 Å². The summed E-state index contributed by atoms with van der Waals surface area (Å²) < 4.78 is 10.2. The average molecular weight is 1660 g/mol.